The lowest BCUT2D eigenvalue weighted by Crippen LogP contribution is -2.40. The normalized spacial score (nSPS) is 23.4. The van der Waals surface area contributed by atoms with Crippen molar-refractivity contribution in [3.8, 4) is 0 Å². The highest BCUT2D eigenvalue weighted by Crippen LogP contribution is 2.35. The third-order valence-corrected chi connectivity index (χ3v) is 4.93. The second-order valence-corrected chi connectivity index (χ2v) is 6.76. The van der Waals surface area contributed by atoms with E-state index in [1.807, 2.05) is 11.3 Å². The smallest absolute Gasteiger partial charge is 0.0464 e. The van der Waals surface area contributed by atoms with Crippen molar-refractivity contribution in [2.45, 2.75) is 39.2 Å². The fraction of sp³-hybridized carbons (Fsp3) is 0.733. The number of piperidine rings is 1. The molecule has 0 amide bonds. The van der Waals surface area contributed by atoms with Gasteiger partial charge in [0, 0.05) is 17.5 Å². The van der Waals surface area contributed by atoms with E-state index < -0.39 is 0 Å². The van der Waals surface area contributed by atoms with Crippen LogP contribution < -0.4 is 5.73 Å². The van der Waals surface area contributed by atoms with E-state index in [1.165, 1.54) is 37.2 Å². The first-order valence-electron chi connectivity index (χ1n) is 7.20. The number of thiophene rings is 1. The number of hydrogen-bond donors (Lipinski definition) is 1. The standard InChI is InChI=1S/C15H26N2S/c1-12(2)15(14-6-4-10-18-14)17-9-3-5-13(11-17)7-8-16/h4,6,10,12-13,15H,3,5,7-9,11,16H2,1-2H3. The summed E-state index contributed by atoms with van der Waals surface area (Å²) in [4.78, 5) is 4.22. The first kappa shape index (κ1) is 14.0. The van der Waals surface area contributed by atoms with Gasteiger partial charge in [-0.25, -0.2) is 0 Å². The fourth-order valence-electron chi connectivity index (χ4n) is 3.21. The van der Waals surface area contributed by atoms with Gasteiger partial charge in [0.25, 0.3) is 0 Å². The lowest BCUT2D eigenvalue weighted by molar-refractivity contribution is 0.0951. The van der Waals surface area contributed by atoms with Gasteiger partial charge in [-0.15, -0.1) is 11.3 Å². The van der Waals surface area contributed by atoms with Gasteiger partial charge in [-0.2, -0.15) is 0 Å². The maximum absolute atomic E-state index is 5.72. The minimum Gasteiger partial charge on any atom is -0.330 e. The Morgan fingerprint density at radius 3 is 2.94 bits per heavy atom. The predicted octanol–water partition coefficient (Wildman–Crippen LogP) is 3.51. The van der Waals surface area contributed by atoms with Gasteiger partial charge in [-0.1, -0.05) is 19.9 Å². The van der Waals surface area contributed by atoms with Crippen LogP contribution in [0.5, 0.6) is 0 Å². The summed E-state index contributed by atoms with van der Waals surface area (Å²) in [7, 11) is 0. The Balaban J connectivity index is 2.06. The Kier molecular flexibility index (Phi) is 5.22. The molecule has 1 aromatic rings. The first-order valence-corrected chi connectivity index (χ1v) is 8.08. The molecule has 1 fully saturated rings. The van der Waals surface area contributed by atoms with Crippen LogP contribution in [0.4, 0.5) is 0 Å². The second kappa shape index (κ2) is 6.69. The van der Waals surface area contributed by atoms with Gasteiger partial charge in [-0.05, 0) is 55.6 Å². The van der Waals surface area contributed by atoms with Crippen molar-refractivity contribution in [1.82, 2.24) is 4.90 Å². The predicted molar refractivity (Wildman–Crippen MR) is 79.9 cm³/mol. The maximum Gasteiger partial charge on any atom is 0.0464 e. The lowest BCUT2D eigenvalue weighted by Gasteiger charge is -2.39. The molecule has 0 spiro atoms. The molecule has 2 nitrogen and oxygen atoms in total. The zero-order valence-corrected chi connectivity index (χ0v) is 12.5. The zero-order valence-electron chi connectivity index (χ0n) is 11.6. The molecule has 3 heteroatoms. The molecule has 1 aliphatic heterocycles. The molecule has 18 heavy (non-hydrogen) atoms. The van der Waals surface area contributed by atoms with E-state index in [2.05, 4.69) is 36.3 Å². The summed E-state index contributed by atoms with van der Waals surface area (Å²) >= 11 is 1.90. The van der Waals surface area contributed by atoms with Crippen LogP contribution in [0.2, 0.25) is 0 Å². The highest BCUT2D eigenvalue weighted by atomic mass is 32.1. The fourth-order valence-corrected chi connectivity index (χ4v) is 4.24. The largest absolute Gasteiger partial charge is 0.330 e. The lowest BCUT2D eigenvalue weighted by atomic mass is 9.91. The van der Waals surface area contributed by atoms with Crippen LogP contribution in [-0.2, 0) is 0 Å². The molecule has 0 aromatic carbocycles. The number of rotatable bonds is 5. The highest BCUT2D eigenvalue weighted by molar-refractivity contribution is 7.10. The van der Waals surface area contributed by atoms with Crippen molar-refractivity contribution in [2.24, 2.45) is 17.6 Å². The third-order valence-electron chi connectivity index (χ3n) is 3.98. The summed E-state index contributed by atoms with van der Waals surface area (Å²) in [6.07, 6.45) is 3.88. The van der Waals surface area contributed by atoms with E-state index in [4.69, 9.17) is 5.73 Å². The molecular formula is C15H26N2S. The average molecular weight is 266 g/mol. The van der Waals surface area contributed by atoms with E-state index in [0.717, 1.165) is 12.5 Å². The summed E-state index contributed by atoms with van der Waals surface area (Å²) in [5.74, 6) is 1.49. The second-order valence-electron chi connectivity index (χ2n) is 5.78. The number of nitrogens with zero attached hydrogens (tertiary/aromatic N) is 1. The Bertz CT molecular complexity index is 332. The summed E-state index contributed by atoms with van der Waals surface area (Å²) in [5, 5.41) is 2.20. The highest BCUT2D eigenvalue weighted by Gasteiger charge is 2.28. The molecule has 1 aliphatic rings. The molecule has 2 unspecified atom stereocenters. The van der Waals surface area contributed by atoms with Gasteiger partial charge < -0.3 is 5.73 Å². The molecule has 0 bridgehead atoms. The number of hydrogen-bond acceptors (Lipinski definition) is 3. The summed E-state index contributed by atoms with van der Waals surface area (Å²) < 4.78 is 0. The van der Waals surface area contributed by atoms with Gasteiger partial charge in [0.15, 0.2) is 0 Å². The molecule has 1 aromatic heterocycles. The summed E-state index contributed by atoms with van der Waals surface area (Å²) in [5.41, 5.74) is 5.72. The Morgan fingerprint density at radius 2 is 2.33 bits per heavy atom. The molecule has 2 atom stereocenters. The minimum atomic E-state index is 0.602. The van der Waals surface area contributed by atoms with E-state index in [9.17, 15) is 0 Å². The van der Waals surface area contributed by atoms with Gasteiger partial charge in [0.2, 0.25) is 0 Å². The van der Waals surface area contributed by atoms with E-state index in [0.29, 0.717) is 12.0 Å². The summed E-state index contributed by atoms with van der Waals surface area (Å²) in [6.45, 7) is 8.01. The Labute approximate surface area is 115 Å². The number of likely N-dealkylation sites (tertiary alicyclic amines) is 1. The molecule has 2 rings (SSSR count). The third kappa shape index (κ3) is 3.34. The van der Waals surface area contributed by atoms with Crippen LogP contribution in [0.3, 0.4) is 0 Å². The van der Waals surface area contributed by atoms with Crippen molar-refractivity contribution in [3.63, 3.8) is 0 Å². The maximum atomic E-state index is 5.72. The first-order chi connectivity index (χ1) is 8.72. The van der Waals surface area contributed by atoms with Crippen LogP contribution in [0.25, 0.3) is 0 Å². The van der Waals surface area contributed by atoms with Crippen LogP contribution in [0.1, 0.15) is 44.0 Å². The molecule has 1 saturated heterocycles. The zero-order chi connectivity index (χ0) is 13.0. The van der Waals surface area contributed by atoms with Crippen molar-refractivity contribution < 1.29 is 0 Å². The monoisotopic (exact) mass is 266 g/mol. The van der Waals surface area contributed by atoms with Crippen LogP contribution >= 0.6 is 11.3 Å². The van der Waals surface area contributed by atoms with E-state index in [-0.39, 0.29) is 0 Å². The topological polar surface area (TPSA) is 29.3 Å². The SMILES string of the molecule is CC(C)C(c1cccs1)N1CCCC(CCN)C1. The Morgan fingerprint density at radius 1 is 1.50 bits per heavy atom. The van der Waals surface area contributed by atoms with Crippen molar-refractivity contribution >= 4 is 11.3 Å². The minimum absolute atomic E-state index is 0.602. The van der Waals surface area contributed by atoms with Crippen molar-refractivity contribution in [3.05, 3.63) is 22.4 Å². The van der Waals surface area contributed by atoms with Gasteiger partial charge in [0.05, 0.1) is 0 Å². The van der Waals surface area contributed by atoms with Crippen LogP contribution in [-0.4, -0.2) is 24.5 Å². The Hall–Kier alpha value is -0.380. The molecule has 2 N–H and O–H groups in total. The van der Waals surface area contributed by atoms with Gasteiger partial charge in [0.1, 0.15) is 0 Å². The van der Waals surface area contributed by atoms with E-state index >= 15 is 0 Å². The molecule has 2 heterocycles. The van der Waals surface area contributed by atoms with Gasteiger partial charge >= 0.3 is 0 Å². The van der Waals surface area contributed by atoms with E-state index in [1.54, 1.807) is 0 Å². The molecular weight excluding hydrogens is 240 g/mol. The van der Waals surface area contributed by atoms with Crippen LogP contribution in [0, 0.1) is 11.8 Å². The average Bonchev–Trinajstić information content (AvgIpc) is 2.83. The molecule has 0 radical (unpaired) electrons. The number of nitrogens with two attached hydrogens (primary N) is 1. The summed E-state index contributed by atoms with van der Waals surface area (Å²) in [6, 6.07) is 5.07. The quantitative estimate of drug-likeness (QED) is 0.883. The molecule has 0 saturated carbocycles. The van der Waals surface area contributed by atoms with Crippen molar-refractivity contribution in [1.29, 1.82) is 0 Å². The molecule has 0 aliphatic carbocycles. The van der Waals surface area contributed by atoms with Crippen molar-refractivity contribution in [2.75, 3.05) is 19.6 Å². The van der Waals surface area contributed by atoms with Gasteiger partial charge in [-0.3, -0.25) is 4.90 Å². The van der Waals surface area contributed by atoms with Crippen LogP contribution in [0.15, 0.2) is 17.5 Å². The molecule has 102 valence electrons.